The van der Waals surface area contributed by atoms with Crippen molar-refractivity contribution in [2.24, 2.45) is 0 Å². The summed E-state index contributed by atoms with van der Waals surface area (Å²) in [5.74, 6) is 1.08. The van der Waals surface area contributed by atoms with Crippen LogP contribution in [0.5, 0.6) is 11.5 Å². The van der Waals surface area contributed by atoms with Crippen LogP contribution in [0.4, 0.5) is 0 Å². The molecule has 1 saturated carbocycles. The van der Waals surface area contributed by atoms with Gasteiger partial charge in [0.2, 0.25) is 0 Å². The second-order valence-corrected chi connectivity index (χ2v) is 6.67. The number of ether oxygens (including phenoxy) is 2. The van der Waals surface area contributed by atoms with Crippen LogP contribution in [0.1, 0.15) is 31.2 Å². The van der Waals surface area contributed by atoms with E-state index in [0.717, 1.165) is 24.8 Å². The van der Waals surface area contributed by atoms with Gasteiger partial charge in [-0.1, -0.05) is 12.1 Å². The molecule has 6 heteroatoms. The van der Waals surface area contributed by atoms with Crippen molar-refractivity contribution in [2.45, 2.75) is 43.9 Å². The summed E-state index contributed by atoms with van der Waals surface area (Å²) in [5, 5.41) is 14.1. The molecule has 2 aliphatic rings. The molecule has 2 fully saturated rings. The number of piperidine rings is 1. The van der Waals surface area contributed by atoms with E-state index in [9.17, 15) is 9.90 Å². The van der Waals surface area contributed by atoms with E-state index in [1.807, 2.05) is 18.2 Å². The third-order valence-corrected chi connectivity index (χ3v) is 4.81. The van der Waals surface area contributed by atoms with Gasteiger partial charge in [-0.15, -0.1) is 0 Å². The van der Waals surface area contributed by atoms with Gasteiger partial charge in [0.25, 0.3) is 5.91 Å². The number of nitrogens with zero attached hydrogens (tertiary/aromatic N) is 1. The van der Waals surface area contributed by atoms with Gasteiger partial charge in [0.15, 0.2) is 17.1 Å². The van der Waals surface area contributed by atoms with E-state index >= 15 is 0 Å². The Bertz CT molecular complexity index is 603. The highest BCUT2D eigenvalue weighted by molar-refractivity contribution is 5.86. The fourth-order valence-electron chi connectivity index (χ4n) is 3.26. The zero-order valence-electron chi connectivity index (χ0n) is 14.4. The fraction of sp³-hybridized carbons (Fsp3) is 0.611. The smallest absolute Gasteiger partial charge is 0.256 e. The third kappa shape index (κ3) is 3.49. The average Bonchev–Trinajstić information content (AvgIpc) is 3.41. The van der Waals surface area contributed by atoms with E-state index in [1.165, 1.54) is 0 Å². The zero-order chi connectivity index (χ0) is 17.2. The molecule has 3 rings (SSSR count). The lowest BCUT2D eigenvalue weighted by Gasteiger charge is -2.38. The number of para-hydroxylation sites is 1. The van der Waals surface area contributed by atoms with E-state index in [0.29, 0.717) is 43.6 Å². The minimum Gasteiger partial charge on any atom is -0.493 e. The number of aliphatic hydroxyl groups is 1. The summed E-state index contributed by atoms with van der Waals surface area (Å²) >= 11 is 0. The van der Waals surface area contributed by atoms with Crippen molar-refractivity contribution in [3.63, 3.8) is 0 Å². The number of hydrogen-bond acceptors (Lipinski definition) is 5. The van der Waals surface area contributed by atoms with Crippen molar-refractivity contribution in [2.75, 3.05) is 27.3 Å². The van der Waals surface area contributed by atoms with Crippen LogP contribution in [-0.2, 0) is 11.3 Å². The van der Waals surface area contributed by atoms with Gasteiger partial charge < -0.3 is 24.8 Å². The van der Waals surface area contributed by atoms with Crippen LogP contribution in [0.25, 0.3) is 0 Å². The van der Waals surface area contributed by atoms with E-state index in [1.54, 1.807) is 19.1 Å². The Morgan fingerprint density at radius 1 is 1.33 bits per heavy atom. The van der Waals surface area contributed by atoms with Crippen LogP contribution in [0.2, 0.25) is 0 Å². The van der Waals surface area contributed by atoms with Crippen molar-refractivity contribution in [1.82, 2.24) is 10.2 Å². The molecule has 0 aromatic heterocycles. The summed E-state index contributed by atoms with van der Waals surface area (Å²) in [6.07, 6.45) is 3.57. The molecule has 1 aromatic carbocycles. The summed E-state index contributed by atoms with van der Waals surface area (Å²) in [6, 6.07) is 6.10. The first kappa shape index (κ1) is 17.0. The standard InChI is InChI=1S/C18H26N2O4/c1-23-15-6-3-5-13(16(15)24-2)11-20-10-4-9-18(22,17(20)21)12-19-14-7-8-14/h3,5-6,14,19,22H,4,7-12H2,1-2H3. The maximum Gasteiger partial charge on any atom is 0.256 e. The summed E-state index contributed by atoms with van der Waals surface area (Å²) in [6.45, 7) is 1.39. The SMILES string of the molecule is COc1cccc(CN2CCCC(O)(CNC3CC3)C2=O)c1OC. The van der Waals surface area contributed by atoms with Crippen LogP contribution in [0.3, 0.4) is 0 Å². The summed E-state index contributed by atoms with van der Waals surface area (Å²) < 4.78 is 10.8. The van der Waals surface area contributed by atoms with Gasteiger partial charge >= 0.3 is 0 Å². The molecule has 0 bridgehead atoms. The number of amides is 1. The number of carbonyl (C=O) groups is 1. The Kier molecular flexibility index (Phi) is 4.96. The molecule has 6 nitrogen and oxygen atoms in total. The number of methoxy groups -OCH3 is 2. The Morgan fingerprint density at radius 2 is 2.12 bits per heavy atom. The number of rotatable bonds is 7. The van der Waals surface area contributed by atoms with Crippen LogP contribution in [0.15, 0.2) is 18.2 Å². The summed E-state index contributed by atoms with van der Waals surface area (Å²) in [4.78, 5) is 14.5. The van der Waals surface area contributed by atoms with Gasteiger partial charge in [-0.05, 0) is 31.7 Å². The lowest BCUT2D eigenvalue weighted by molar-refractivity contribution is -0.157. The highest BCUT2D eigenvalue weighted by atomic mass is 16.5. The van der Waals surface area contributed by atoms with Gasteiger partial charge in [0.1, 0.15) is 0 Å². The summed E-state index contributed by atoms with van der Waals surface area (Å²) in [7, 11) is 3.19. The van der Waals surface area contributed by atoms with Crippen molar-refractivity contribution >= 4 is 5.91 Å². The zero-order valence-corrected chi connectivity index (χ0v) is 14.4. The van der Waals surface area contributed by atoms with Crippen molar-refractivity contribution < 1.29 is 19.4 Å². The lowest BCUT2D eigenvalue weighted by Crippen LogP contribution is -2.57. The second kappa shape index (κ2) is 6.99. The highest BCUT2D eigenvalue weighted by Crippen LogP contribution is 2.33. The van der Waals surface area contributed by atoms with E-state index < -0.39 is 5.60 Å². The Morgan fingerprint density at radius 3 is 2.79 bits per heavy atom. The number of hydrogen-bond donors (Lipinski definition) is 2. The van der Waals surface area contributed by atoms with Gasteiger partial charge in [-0.25, -0.2) is 0 Å². The molecule has 1 heterocycles. The predicted molar refractivity (Wildman–Crippen MR) is 90.2 cm³/mol. The predicted octanol–water partition coefficient (Wildman–Crippen LogP) is 1.31. The molecule has 0 radical (unpaired) electrons. The van der Waals surface area contributed by atoms with Gasteiger partial charge in [0, 0.05) is 31.2 Å². The van der Waals surface area contributed by atoms with E-state index in [2.05, 4.69) is 5.32 Å². The van der Waals surface area contributed by atoms with Crippen LogP contribution < -0.4 is 14.8 Å². The highest BCUT2D eigenvalue weighted by Gasteiger charge is 2.43. The monoisotopic (exact) mass is 334 g/mol. The van der Waals surface area contributed by atoms with Gasteiger partial charge in [-0.3, -0.25) is 4.79 Å². The normalized spacial score (nSPS) is 24.1. The van der Waals surface area contributed by atoms with E-state index in [-0.39, 0.29) is 5.91 Å². The molecular weight excluding hydrogens is 308 g/mol. The van der Waals surface area contributed by atoms with Gasteiger partial charge in [0.05, 0.1) is 14.2 Å². The molecular formula is C18H26N2O4. The van der Waals surface area contributed by atoms with E-state index in [4.69, 9.17) is 9.47 Å². The minimum atomic E-state index is -1.30. The molecule has 132 valence electrons. The molecule has 1 aliphatic heterocycles. The molecule has 2 N–H and O–H groups in total. The largest absolute Gasteiger partial charge is 0.493 e. The van der Waals surface area contributed by atoms with Gasteiger partial charge in [-0.2, -0.15) is 0 Å². The molecule has 1 saturated heterocycles. The molecule has 24 heavy (non-hydrogen) atoms. The first-order chi connectivity index (χ1) is 11.6. The van der Waals surface area contributed by atoms with Crippen LogP contribution >= 0.6 is 0 Å². The van der Waals surface area contributed by atoms with Crippen molar-refractivity contribution in [3.8, 4) is 11.5 Å². The fourth-order valence-corrected chi connectivity index (χ4v) is 3.26. The molecule has 1 aliphatic carbocycles. The molecule has 0 spiro atoms. The number of benzene rings is 1. The lowest BCUT2D eigenvalue weighted by atomic mass is 9.91. The molecule has 1 amide bonds. The molecule has 1 aromatic rings. The second-order valence-electron chi connectivity index (χ2n) is 6.67. The van der Waals surface area contributed by atoms with Crippen molar-refractivity contribution in [3.05, 3.63) is 23.8 Å². The first-order valence-electron chi connectivity index (χ1n) is 8.52. The third-order valence-electron chi connectivity index (χ3n) is 4.81. The molecule has 1 atom stereocenters. The van der Waals surface area contributed by atoms with Crippen LogP contribution in [0, 0.1) is 0 Å². The Labute approximate surface area is 142 Å². The number of likely N-dealkylation sites (tertiary alicyclic amines) is 1. The first-order valence-corrected chi connectivity index (χ1v) is 8.52. The Balaban J connectivity index is 1.73. The number of nitrogens with one attached hydrogen (secondary N) is 1. The minimum absolute atomic E-state index is 0.202. The quantitative estimate of drug-likeness (QED) is 0.787. The maximum atomic E-state index is 12.8. The average molecular weight is 334 g/mol. The topological polar surface area (TPSA) is 71.0 Å². The molecule has 1 unspecified atom stereocenters. The maximum absolute atomic E-state index is 12.8. The van der Waals surface area contributed by atoms with Crippen molar-refractivity contribution in [1.29, 1.82) is 0 Å². The van der Waals surface area contributed by atoms with Crippen LogP contribution in [-0.4, -0.2) is 54.9 Å². The number of carbonyl (C=O) groups excluding carboxylic acids is 1. The Hall–Kier alpha value is -1.79. The summed E-state index contributed by atoms with van der Waals surface area (Å²) in [5.41, 5.74) is -0.419.